The summed E-state index contributed by atoms with van der Waals surface area (Å²) in [7, 11) is 0. The van der Waals surface area contributed by atoms with Crippen LogP contribution >= 0.6 is 11.6 Å². The number of aromatic nitrogens is 4. The second-order valence-electron chi connectivity index (χ2n) is 5.90. The molecule has 25 heavy (non-hydrogen) atoms. The summed E-state index contributed by atoms with van der Waals surface area (Å²) in [5.41, 5.74) is 0.953. The summed E-state index contributed by atoms with van der Waals surface area (Å²) in [5.74, 6) is 0.954. The number of halogens is 1. The standard InChI is InChI=1S/C17H17ClN6O/c18-13-5-2-1-4-12(13)14-11-19-7-9-23(14)16(25)10-15-21-17-20-6-3-8-24(17)22-15/h1-6,8,14,19H,7,9-11H2. The van der Waals surface area contributed by atoms with Crippen LogP contribution in [0.5, 0.6) is 0 Å². The lowest BCUT2D eigenvalue weighted by Gasteiger charge is -2.36. The van der Waals surface area contributed by atoms with Gasteiger partial charge in [0.15, 0.2) is 5.82 Å². The van der Waals surface area contributed by atoms with Crippen LogP contribution < -0.4 is 5.32 Å². The molecule has 1 unspecified atom stereocenters. The molecule has 1 aliphatic heterocycles. The molecule has 0 saturated carbocycles. The van der Waals surface area contributed by atoms with E-state index < -0.39 is 0 Å². The van der Waals surface area contributed by atoms with Gasteiger partial charge in [-0.1, -0.05) is 29.8 Å². The molecule has 7 nitrogen and oxygen atoms in total. The number of piperazine rings is 1. The Morgan fingerprint density at radius 2 is 2.20 bits per heavy atom. The van der Waals surface area contributed by atoms with Gasteiger partial charge >= 0.3 is 0 Å². The van der Waals surface area contributed by atoms with Crippen molar-refractivity contribution < 1.29 is 4.79 Å². The largest absolute Gasteiger partial charge is 0.333 e. The minimum atomic E-state index is -0.0925. The molecule has 1 aliphatic rings. The number of nitrogens with zero attached hydrogens (tertiary/aromatic N) is 5. The van der Waals surface area contributed by atoms with E-state index in [1.807, 2.05) is 29.2 Å². The lowest BCUT2D eigenvalue weighted by Crippen LogP contribution is -2.49. The molecule has 1 aromatic carbocycles. The molecule has 1 N–H and O–H groups in total. The fourth-order valence-electron chi connectivity index (χ4n) is 3.11. The first-order chi connectivity index (χ1) is 12.2. The molecule has 0 aliphatic carbocycles. The molecule has 1 amide bonds. The van der Waals surface area contributed by atoms with E-state index in [-0.39, 0.29) is 18.4 Å². The Morgan fingerprint density at radius 3 is 3.04 bits per heavy atom. The topological polar surface area (TPSA) is 75.4 Å². The van der Waals surface area contributed by atoms with E-state index in [4.69, 9.17) is 11.6 Å². The highest BCUT2D eigenvalue weighted by Gasteiger charge is 2.29. The average molecular weight is 357 g/mol. The van der Waals surface area contributed by atoms with Gasteiger partial charge < -0.3 is 10.2 Å². The Labute approximate surface area is 149 Å². The summed E-state index contributed by atoms with van der Waals surface area (Å²) in [4.78, 5) is 23.2. The lowest BCUT2D eigenvalue weighted by molar-refractivity contribution is -0.133. The molecule has 3 aromatic rings. The van der Waals surface area contributed by atoms with Crippen LogP contribution in [0.25, 0.3) is 5.78 Å². The van der Waals surface area contributed by atoms with Gasteiger partial charge in [-0.15, -0.1) is 5.10 Å². The van der Waals surface area contributed by atoms with E-state index in [1.165, 1.54) is 0 Å². The minimum absolute atomic E-state index is 0.0117. The molecule has 1 saturated heterocycles. The third-order valence-electron chi connectivity index (χ3n) is 4.30. The highest BCUT2D eigenvalue weighted by atomic mass is 35.5. The molecular formula is C17H17ClN6O. The molecule has 4 rings (SSSR count). The normalized spacial score (nSPS) is 17.8. The maximum absolute atomic E-state index is 12.9. The fraction of sp³-hybridized carbons (Fsp3) is 0.294. The Bertz CT molecular complexity index is 878. The van der Waals surface area contributed by atoms with Gasteiger partial charge in [0, 0.05) is 37.1 Å². The number of nitrogens with one attached hydrogen (secondary N) is 1. The number of amides is 1. The van der Waals surface area contributed by atoms with Crippen LogP contribution in [0.4, 0.5) is 0 Å². The van der Waals surface area contributed by atoms with Gasteiger partial charge in [-0.2, -0.15) is 4.98 Å². The first kappa shape index (κ1) is 16.0. The summed E-state index contributed by atoms with van der Waals surface area (Å²) in [6.45, 7) is 2.06. The van der Waals surface area contributed by atoms with Gasteiger partial charge in [0.05, 0.1) is 12.5 Å². The van der Waals surface area contributed by atoms with Crippen molar-refractivity contribution >= 4 is 23.3 Å². The van der Waals surface area contributed by atoms with Gasteiger partial charge in [0.25, 0.3) is 5.78 Å². The van der Waals surface area contributed by atoms with Crippen LogP contribution in [-0.4, -0.2) is 50.0 Å². The van der Waals surface area contributed by atoms with Crippen molar-refractivity contribution in [3.8, 4) is 0 Å². The zero-order valence-electron chi connectivity index (χ0n) is 13.5. The minimum Gasteiger partial charge on any atom is -0.333 e. The number of carbonyl (C=O) groups excluding carboxylic acids is 1. The van der Waals surface area contributed by atoms with Gasteiger partial charge in [0.2, 0.25) is 5.91 Å². The number of fused-ring (bicyclic) bond motifs is 1. The van der Waals surface area contributed by atoms with Crippen molar-refractivity contribution in [3.05, 3.63) is 59.1 Å². The highest BCUT2D eigenvalue weighted by Crippen LogP contribution is 2.28. The van der Waals surface area contributed by atoms with Gasteiger partial charge in [-0.05, 0) is 17.7 Å². The molecule has 1 fully saturated rings. The van der Waals surface area contributed by atoms with Crippen LogP contribution in [0.3, 0.4) is 0 Å². The third-order valence-corrected chi connectivity index (χ3v) is 4.64. The monoisotopic (exact) mass is 356 g/mol. The second-order valence-corrected chi connectivity index (χ2v) is 6.30. The fourth-order valence-corrected chi connectivity index (χ4v) is 3.38. The molecule has 0 bridgehead atoms. The molecule has 1 atom stereocenters. The van der Waals surface area contributed by atoms with Crippen molar-refractivity contribution in [2.75, 3.05) is 19.6 Å². The molecular weight excluding hydrogens is 340 g/mol. The summed E-state index contributed by atoms with van der Waals surface area (Å²) < 4.78 is 1.58. The van der Waals surface area contributed by atoms with E-state index in [2.05, 4.69) is 20.4 Å². The number of hydrogen-bond donors (Lipinski definition) is 1. The van der Waals surface area contributed by atoms with Crippen LogP contribution in [-0.2, 0) is 11.2 Å². The Hall–Kier alpha value is -2.51. The van der Waals surface area contributed by atoms with Gasteiger partial charge in [-0.3, -0.25) is 4.79 Å². The van der Waals surface area contributed by atoms with Crippen molar-refractivity contribution in [3.63, 3.8) is 0 Å². The quantitative estimate of drug-likeness (QED) is 0.769. The molecule has 8 heteroatoms. The summed E-state index contributed by atoms with van der Waals surface area (Å²) >= 11 is 6.34. The van der Waals surface area contributed by atoms with Crippen molar-refractivity contribution in [2.24, 2.45) is 0 Å². The van der Waals surface area contributed by atoms with Crippen LogP contribution in [0.2, 0.25) is 5.02 Å². The highest BCUT2D eigenvalue weighted by molar-refractivity contribution is 6.31. The molecule has 3 heterocycles. The summed E-state index contributed by atoms with van der Waals surface area (Å²) in [5, 5.41) is 8.32. The lowest BCUT2D eigenvalue weighted by atomic mass is 10.0. The molecule has 128 valence electrons. The summed E-state index contributed by atoms with van der Waals surface area (Å²) in [6, 6.07) is 9.33. The maximum Gasteiger partial charge on any atom is 0.252 e. The summed E-state index contributed by atoms with van der Waals surface area (Å²) in [6.07, 6.45) is 3.56. The Balaban J connectivity index is 1.57. The smallest absolute Gasteiger partial charge is 0.252 e. The number of hydrogen-bond acceptors (Lipinski definition) is 5. The van der Waals surface area contributed by atoms with E-state index in [9.17, 15) is 4.79 Å². The van der Waals surface area contributed by atoms with E-state index >= 15 is 0 Å². The van der Waals surface area contributed by atoms with Crippen LogP contribution in [0, 0.1) is 0 Å². The average Bonchev–Trinajstić information content (AvgIpc) is 3.04. The Morgan fingerprint density at radius 1 is 1.32 bits per heavy atom. The van der Waals surface area contributed by atoms with Gasteiger partial charge in [-0.25, -0.2) is 9.50 Å². The van der Waals surface area contributed by atoms with Crippen molar-refractivity contribution in [2.45, 2.75) is 12.5 Å². The zero-order chi connectivity index (χ0) is 17.2. The van der Waals surface area contributed by atoms with Crippen LogP contribution in [0.1, 0.15) is 17.4 Å². The number of carbonyl (C=O) groups is 1. The second kappa shape index (κ2) is 6.78. The van der Waals surface area contributed by atoms with E-state index in [0.29, 0.717) is 29.7 Å². The molecule has 2 aromatic heterocycles. The SMILES string of the molecule is O=C(Cc1nc2ncccn2n1)N1CCNCC1c1ccccc1Cl. The van der Waals surface area contributed by atoms with E-state index in [1.54, 1.807) is 23.0 Å². The van der Waals surface area contributed by atoms with Crippen LogP contribution in [0.15, 0.2) is 42.7 Å². The number of benzene rings is 1. The first-order valence-corrected chi connectivity index (χ1v) is 8.51. The Kier molecular flexibility index (Phi) is 4.33. The number of rotatable bonds is 3. The predicted molar refractivity (Wildman–Crippen MR) is 93.3 cm³/mol. The van der Waals surface area contributed by atoms with Crippen molar-refractivity contribution in [1.29, 1.82) is 0 Å². The third kappa shape index (κ3) is 3.20. The molecule has 0 radical (unpaired) electrons. The van der Waals surface area contributed by atoms with E-state index in [0.717, 1.165) is 12.1 Å². The maximum atomic E-state index is 12.9. The van der Waals surface area contributed by atoms with Crippen molar-refractivity contribution in [1.82, 2.24) is 29.8 Å². The zero-order valence-corrected chi connectivity index (χ0v) is 14.2. The first-order valence-electron chi connectivity index (χ1n) is 8.13. The van der Waals surface area contributed by atoms with Gasteiger partial charge in [0.1, 0.15) is 0 Å². The predicted octanol–water partition coefficient (Wildman–Crippen LogP) is 1.49. The molecule has 0 spiro atoms.